The maximum atomic E-state index is 11.0. The first-order valence-corrected chi connectivity index (χ1v) is 7.36. The highest BCUT2D eigenvalue weighted by molar-refractivity contribution is 5.88. The number of aliphatic hydroxyl groups excluding tert-OH is 1. The van der Waals surface area contributed by atoms with Crippen molar-refractivity contribution in [1.82, 2.24) is 5.32 Å². The fourth-order valence-corrected chi connectivity index (χ4v) is 2.22. The van der Waals surface area contributed by atoms with E-state index in [1.807, 2.05) is 31.2 Å². The standard InChI is InChI=1S/C17H22N2O3/c1-12(10-16(21)17-4-3-9-22-17)18-11-14-5-7-15(8-6-14)19-13(2)20/h3-9,12,16,18,21H,10-11H2,1-2H3,(H,19,20). The molecule has 2 unspecified atom stereocenters. The summed E-state index contributed by atoms with van der Waals surface area (Å²) < 4.78 is 5.19. The summed E-state index contributed by atoms with van der Waals surface area (Å²) in [4.78, 5) is 11.0. The summed E-state index contributed by atoms with van der Waals surface area (Å²) in [5.41, 5.74) is 1.91. The van der Waals surface area contributed by atoms with Gasteiger partial charge in [-0.3, -0.25) is 4.79 Å². The van der Waals surface area contributed by atoms with Gasteiger partial charge >= 0.3 is 0 Å². The normalized spacial score (nSPS) is 13.6. The highest BCUT2D eigenvalue weighted by Crippen LogP contribution is 2.18. The highest BCUT2D eigenvalue weighted by Gasteiger charge is 2.14. The van der Waals surface area contributed by atoms with Crippen molar-refractivity contribution in [3.63, 3.8) is 0 Å². The van der Waals surface area contributed by atoms with Crippen molar-refractivity contribution in [2.75, 3.05) is 5.32 Å². The summed E-state index contributed by atoms with van der Waals surface area (Å²) >= 11 is 0. The quantitative estimate of drug-likeness (QED) is 0.735. The van der Waals surface area contributed by atoms with E-state index in [2.05, 4.69) is 10.6 Å². The second-order valence-corrected chi connectivity index (χ2v) is 5.43. The van der Waals surface area contributed by atoms with Gasteiger partial charge in [-0.2, -0.15) is 0 Å². The number of rotatable bonds is 7. The first kappa shape index (κ1) is 16.3. The van der Waals surface area contributed by atoms with Gasteiger partial charge in [-0.1, -0.05) is 12.1 Å². The highest BCUT2D eigenvalue weighted by atomic mass is 16.4. The first-order chi connectivity index (χ1) is 10.5. The molecule has 1 amide bonds. The molecule has 1 aromatic carbocycles. The van der Waals surface area contributed by atoms with Crippen LogP contribution in [0.3, 0.4) is 0 Å². The number of nitrogens with one attached hydrogen (secondary N) is 2. The Kier molecular flexibility index (Phi) is 5.75. The predicted octanol–water partition coefficient (Wildman–Crippen LogP) is 2.84. The Morgan fingerprint density at radius 1 is 1.27 bits per heavy atom. The number of aliphatic hydroxyl groups is 1. The molecule has 0 aliphatic rings. The molecule has 0 bridgehead atoms. The lowest BCUT2D eigenvalue weighted by Gasteiger charge is -2.17. The number of carbonyl (C=O) groups is 1. The summed E-state index contributed by atoms with van der Waals surface area (Å²) in [7, 11) is 0. The lowest BCUT2D eigenvalue weighted by Crippen LogP contribution is -2.27. The van der Waals surface area contributed by atoms with E-state index < -0.39 is 6.10 Å². The molecule has 2 aromatic rings. The molecule has 0 saturated carbocycles. The van der Waals surface area contributed by atoms with Gasteiger partial charge in [-0.25, -0.2) is 0 Å². The van der Waals surface area contributed by atoms with Gasteiger partial charge < -0.3 is 20.2 Å². The molecule has 1 aromatic heterocycles. The molecule has 0 aliphatic carbocycles. The van der Waals surface area contributed by atoms with Gasteiger partial charge in [0.05, 0.1) is 6.26 Å². The summed E-state index contributed by atoms with van der Waals surface area (Å²) in [5.74, 6) is 0.514. The SMILES string of the molecule is CC(=O)Nc1ccc(CNC(C)CC(O)c2ccco2)cc1. The van der Waals surface area contributed by atoms with Crippen molar-refractivity contribution < 1.29 is 14.3 Å². The second-order valence-electron chi connectivity index (χ2n) is 5.43. The van der Waals surface area contributed by atoms with Crippen LogP contribution in [-0.4, -0.2) is 17.1 Å². The summed E-state index contributed by atoms with van der Waals surface area (Å²) in [6.07, 6.45) is 1.55. The van der Waals surface area contributed by atoms with Gasteiger partial charge in [0.2, 0.25) is 5.91 Å². The van der Waals surface area contributed by atoms with Gasteiger partial charge in [-0.15, -0.1) is 0 Å². The van der Waals surface area contributed by atoms with E-state index >= 15 is 0 Å². The van der Waals surface area contributed by atoms with Crippen LogP contribution in [0.15, 0.2) is 47.1 Å². The van der Waals surface area contributed by atoms with Gasteiger partial charge in [0.1, 0.15) is 11.9 Å². The summed E-state index contributed by atoms with van der Waals surface area (Å²) in [6, 6.07) is 11.4. The number of amides is 1. The fraction of sp³-hybridized carbons (Fsp3) is 0.353. The van der Waals surface area contributed by atoms with E-state index in [0.717, 1.165) is 11.3 Å². The molecular weight excluding hydrogens is 280 g/mol. The van der Waals surface area contributed by atoms with Gasteiger partial charge in [-0.05, 0) is 43.2 Å². The molecule has 1 heterocycles. The lowest BCUT2D eigenvalue weighted by molar-refractivity contribution is -0.114. The van der Waals surface area contributed by atoms with E-state index in [1.54, 1.807) is 18.4 Å². The minimum atomic E-state index is -0.598. The average molecular weight is 302 g/mol. The van der Waals surface area contributed by atoms with Crippen molar-refractivity contribution in [2.45, 2.75) is 39.0 Å². The fourth-order valence-electron chi connectivity index (χ4n) is 2.22. The molecule has 2 rings (SSSR count). The topological polar surface area (TPSA) is 74.5 Å². The zero-order chi connectivity index (χ0) is 15.9. The van der Waals surface area contributed by atoms with Crippen molar-refractivity contribution >= 4 is 11.6 Å². The Balaban J connectivity index is 1.78. The van der Waals surface area contributed by atoms with Crippen LogP contribution >= 0.6 is 0 Å². The molecule has 2 atom stereocenters. The first-order valence-electron chi connectivity index (χ1n) is 7.36. The molecule has 3 N–H and O–H groups in total. The molecular formula is C17H22N2O3. The van der Waals surface area contributed by atoms with Crippen molar-refractivity contribution in [2.24, 2.45) is 0 Å². The minimum Gasteiger partial charge on any atom is -0.467 e. The Hall–Kier alpha value is -2.11. The molecule has 22 heavy (non-hydrogen) atoms. The Morgan fingerprint density at radius 3 is 2.59 bits per heavy atom. The van der Waals surface area contributed by atoms with E-state index in [-0.39, 0.29) is 11.9 Å². The lowest BCUT2D eigenvalue weighted by atomic mass is 10.1. The second kappa shape index (κ2) is 7.77. The molecule has 0 saturated heterocycles. The van der Waals surface area contributed by atoms with Crippen LogP contribution in [0.5, 0.6) is 0 Å². The van der Waals surface area contributed by atoms with Crippen LogP contribution in [0.1, 0.15) is 37.7 Å². The van der Waals surface area contributed by atoms with E-state index in [1.165, 1.54) is 6.92 Å². The molecule has 5 heteroatoms. The Labute approximate surface area is 130 Å². The van der Waals surface area contributed by atoms with Crippen LogP contribution in [0.4, 0.5) is 5.69 Å². The van der Waals surface area contributed by atoms with Crippen molar-refractivity contribution in [3.8, 4) is 0 Å². The Bertz CT molecular complexity index is 578. The molecule has 0 radical (unpaired) electrons. The summed E-state index contributed by atoms with van der Waals surface area (Å²) in [5, 5.41) is 16.1. The van der Waals surface area contributed by atoms with Crippen LogP contribution in [-0.2, 0) is 11.3 Å². The van der Waals surface area contributed by atoms with E-state index in [9.17, 15) is 9.90 Å². The van der Waals surface area contributed by atoms with Gasteiger partial charge in [0.25, 0.3) is 0 Å². The van der Waals surface area contributed by atoms with E-state index in [0.29, 0.717) is 18.7 Å². The largest absolute Gasteiger partial charge is 0.467 e. The number of hydrogen-bond acceptors (Lipinski definition) is 4. The van der Waals surface area contributed by atoms with Crippen LogP contribution < -0.4 is 10.6 Å². The number of benzene rings is 1. The molecule has 118 valence electrons. The summed E-state index contributed by atoms with van der Waals surface area (Å²) in [6.45, 7) is 4.21. The van der Waals surface area contributed by atoms with Crippen molar-refractivity contribution in [1.29, 1.82) is 0 Å². The van der Waals surface area contributed by atoms with Crippen LogP contribution in [0.2, 0.25) is 0 Å². The number of furan rings is 1. The maximum absolute atomic E-state index is 11.0. The molecule has 0 aliphatic heterocycles. The van der Waals surface area contributed by atoms with E-state index in [4.69, 9.17) is 4.42 Å². The van der Waals surface area contributed by atoms with Crippen LogP contribution in [0.25, 0.3) is 0 Å². The third-order valence-electron chi connectivity index (χ3n) is 3.38. The molecule has 0 fully saturated rings. The number of anilines is 1. The zero-order valence-electron chi connectivity index (χ0n) is 12.9. The molecule has 0 spiro atoms. The zero-order valence-corrected chi connectivity index (χ0v) is 12.9. The predicted molar refractivity (Wildman–Crippen MR) is 85.3 cm³/mol. The monoisotopic (exact) mass is 302 g/mol. The average Bonchev–Trinajstić information content (AvgIpc) is 3.00. The number of hydrogen-bond donors (Lipinski definition) is 3. The van der Waals surface area contributed by atoms with Crippen molar-refractivity contribution in [3.05, 3.63) is 54.0 Å². The third-order valence-corrected chi connectivity index (χ3v) is 3.38. The third kappa shape index (κ3) is 5.02. The number of carbonyl (C=O) groups excluding carboxylic acids is 1. The molecule has 5 nitrogen and oxygen atoms in total. The smallest absolute Gasteiger partial charge is 0.221 e. The maximum Gasteiger partial charge on any atom is 0.221 e. The Morgan fingerprint density at radius 2 is 2.00 bits per heavy atom. The van der Waals surface area contributed by atoms with Gasteiger partial charge in [0, 0.05) is 25.2 Å². The van der Waals surface area contributed by atoms with Gasteiger partial charge in [0.15, 0.2) is 0 Å². The van der Waals surface area contributed by atoms with Crippen LogP contribution in [0, 0.1) is 0 Å². The minimum absolute atomic E-state index is 0.0774.